The minimum absolute atomic E-state index is 0.144. The number of methoxy groups -OCH3 is 1. The van der Waals surface area contributed by atoms with E-state index in [0.29, 0.717) is 18.9 Å². The lowest BCUT2D eigenvalue weighted by Crippen LogP contribution is -2.36. The summed E-state index contributed by atoms with van der Waals surface area (Å²) in [6.07, 6.45) is 2.83. The third-order valence-electron chi connectivity index (χ3n) is 4.71. The second-order valence-corrected chi connectivity index (χ2v) is 6.38. The zero-order valence-electron chi connectivity index (χ0n) is 13.9. The van der Waals surface area contributed by atoms with Gasteiger partial charge < -0.3 is 14.7 Å². The van der Waals surface area contributed by atoms with Crippen molar-refractivity contribution in [2.45, 2.75) is 38.7 Å². The smallest absolute Gasteiger partial charge is 0.305 e. The van der Waals surface area contributed by atoms with Gasteiger partial charge in [0.05, 0.1) is 13.2 Å². The number of aryl methyl sites for hydroxylation is 1. The number of rotatable bonds is 6. The number of hydrogen-bond acceptors (Lipinski definition) is 4. The van der Waals surface area contributed by atoms with E-state index in [2.05, 4.69) is 9.64 Å². The second kappa shape index (κ2) is 8.41. The molecular weight excluding hydrogens is 297 g/mol. The van der Waals surface area contributed by atoms with Crippen LogP contribution in [0.5, 0.6) is 0 Å². The van der Waals surface area contributed by atoms with Crippen molar-refractivity contribution in [1.82, 2.24) is 4.90 Å². The Morgan fingerprint density at radius 1 is 1.43 bits per heavy atom. The van der Waals surface area contributed by atoms with E-state index in [-0.39, 0.29) is 11.8 Å². The monoisotopic (exact) mass is 323 g/mol. The Morgan fingerprint density at radius 2 is 2.13 bits per heavy atom. The molecule has 1 aromatic carbocycles. The van der Waals surface area contributed by atoms with Gasteiger partial charge in [0.2, 0.25) is 0 Å². The number of hydrogen-bond donors (Lipinski definition) is 1. The molecule has 1 aliphatic rings. The first-order valence-electron chi connectivity index (χ1n) is 8.23. The summed E-state index contributed by atoms with van der Waals surface area (Å²) < 4.78 is 17.8. The summed E-state index contributed by atoms with van der Waals surface area (Å²) in [5.41, 5.74) is 1.57. The maximum atomic E-state index is 13.1. The van der Waals surface area contributed by atoms with E-state index in [1.165, 1.54) is 19.2 Å². The number of aliphatic hydroxyl groups excluding tert-OH is 1. The fourth-order valence-electron chi connectivity index (χ4n) is 3.24. The molecule has 1 aliphatic heterocycles. The molecule has 0 spiro atoms. The Bertz CT molecular complexity index is 527. The number of esters is 1. The molecule has 1 fully saturated rings. The molecule has 4 nitrogen and oxygen atoms in total. The molecule has 0 aromatic heterocycles. The zero-order chi connectivity index (χ0) is 16.8. The summed E-state index contributed by atoms with van der Waals surface area (Å²) in [5, 5.41) is 10.4. The van der Waals surface area contributed by atoms with Crippen molar-refractivity contribution in [2.24, 2.45) is 5.92 Å². The summed E-state index contributed by atoms with van der Waals surface area (Å²) in [6, 6.07) is 4.51. The van der Waals surface area contributed by atoms with Crippen LogP contribution >= 0.6 is 0 Å². The predicted octanol–water partition coefficient (Wildman–Crippen LogP) is 2.83. The van der Waals surface area contributed by atoms with Crippen LogP contribution in [0.2, 0.25) is 0 Å². The summed E-state index contributed by atoms with van der Waals surface area (Å²) >= 11 is 0. The first-order valence-corrected chi connectivity index (χ1v) is 8.23. The van der Waals surface area contributed by atoms with Crippen LogP contribution < -0.4 is 0 Å². The molecule has 2 rings (SSSR count). The van der Waals surface area contributed by atoms with Gasteiger partial charge in [-0.25, -0.2) is 4.39 Å². The number of piperidine rings is 1. The van der Waals surface area contributed by atoms with Crippen LogP contribution in [0.15, 0.2) is 18.2 Å². The lowest BCUT2D eigenvalue weighted by atomic mass is 9.91. The highest BCUT2D eigenvalue weighted by molar-refractivity contribution is 5.69. The SMILES string of the molecule is COC(=O)CCC1CCN(CC(O)c2ccc(F)cc2C)CC1. The van der Waals surface area contributed by atoms with Crippen molar-refractivity contribution in [3.8, 4) is 0 Å². The largest absolute Gasteiger partial charge is 0.469 e. The summed E-state index contributed by atoms with van der Waals surface area (Å²) in [7, 11) is 1.42. The average Bonchev–Trinajstić information content (AvgIpc) is 2.53. The van der Waals surface area contributed by atoms with Crippen molar-refractivity contribution in [2.75, 3.05) is 26.7 Å². The molecule has 0 amide bonds. The normalized spacial score (nSPS) is 17.9. The number of benzene rings is 1. The molecule has 128 valence electrons. The Balaban J connectivity index is 1.78. The molecule has 1 atom stereocenters. The predicted molar refractivity (Wildman–Crippen MR) is 86.5 cm³/mol. The van der Waals surface area contributed by atoms with Gasteiger partial charge in [0.15, 0.2) is 0 Å². The topological polar surface area (TPSA) is 49.8 Å². The van der Waals surface area contributed by atoms with Gasteiger partial charge >= 0.3 is 5.97 Å². The van der Waals surface area contributed by atoms with E-state index in [0.717, 1.165) is 43.5 Å². The second-order valence-electron chi connectivity index (χ2n) is 6.38. The quantitative estimate of drug-likeness (QED) is 0.818. The number of aliphatic hydroxyl groups is 1. The minimum atomic E-state index is -0.595. The Kier molecular flexibility index (Phi) is 6.54. The zero-order valence-corrected chi connectivity index (χ0v) is 13.9. The molecule has 1 N–H and O–H groups in total. The van der Waals surface area contributed by atoms with Crippen molar-refractivity contribution < 1.29 is 19.0 Å². The van der Waals surface area contributed by atoms with E-state index in [1.807, 2.05) is 6.92 Å². The third-order valence-corrected chi connectivity index (χ3v) is 4.71. The molecule has 0 bridgehead atoms. The van der Waals surface area contributed by atoms with Crippen LogP contribution in [0.4, 0.5) is 4.39 Å². The molecule has 1 unspecified atom stereocenters. The van der Waals surface area contributed by atoms with Crippen molar-refractivity contribution in [3.05, 3.63) is 35.1 Å². The number of halogens is 1. The van der Waals surface area contributed by atoms with Gasteiger partial charge in [-0.3, -0.25) is 4.79 Å². The van der Waals surface area contributed by atoms with Crippen molar-refractivity contribution in [3.63, 3.8) is 0 Å². The molecule has 0 saturated carbocycles. The molecule has 0 radical (unpaired) electrons. The van der Waals surface area contributed by atoms with Gasteiger partial charge in [-0.15, -0.1) is 0 Å². The molecule has 5 heteroatoms. The number of ether oxygens (including phenoxy) is 1. The fourth-order valence-corrected chi connectivity index (χ4v) is 3.24. The van der Waals surface area contributed by atoms with E-state index in [4.69, 9.17) is 0 Å². The minimum Gasteiger partial charge on any atom is -0.469 e. The van der Waals surface area contributed by atoms with E-state index in [9.17, 15) is 14.3 Å². The van der Waals surface area contributed by atoms with Crippen LogP contribution in [0.25, 0.3) is 0 Å². The van der Waals surface area contributed by atoms with Crippen molar-refractivity contribution in [1.29, 1.82) is 0 Å². The lowest BCUT2D eigenvalue weighted by Gasteiger charge is -2.33. The lowest BCUT2D eigenvalue weighted by molar-refractivity contribution is -0.141. The van der Waals surface area contributed by atoms with Gasteiger partial charge in [-0.05, 0) is 68.5 Å². The van der Waals surface area contributed by atoms with E-state index < -0.39 is 6.10 Å². The number of carbonyl (C=O) groups excluding carboxylic acids is 1. The maximum absolute atomic E-state index is 13.1. The molecule has 23 heavy (non-hydrogen) atoms. The number of nitrogens with zero attached hydrogens (tertiary/aromatic N) is 1. The molecule has 1 saturated heterocycles. The van der Waals surface area contributed by atoms with Gasteiger partial charge in [0.1, 0.15) is 5.82 Å². The van der Waals surface area contributed by atoms with Gasteiger partial charge in [0.25, 0.3) is 0 Å². The van der Waals surface area contributed by atoms with Crippen LogP contribution in [-0.4, -0.2) is 42.7 Å². The number of carbonyl (C=O) groups is 1. The Hall–Kier alpha value is -1.46. The Morgan fingerprint density at radius 3 is 2.74 bits per heavy atom. The van der Waals surface area contributed by atoms with Gasteiger partial charge in [-0.2, -0.15) is 0 Å². The third kappa shape index (κ3) is 5.29. The standard InChI is InChI=1S/C18H26FNO3/c1-13-11-15(19)4-5-16(13)17(21)12-20-9-7-14(8-10-20)3-6-18(22)23-2/h4-5,11,14,17,21H,3,6-10,12H2,1-2H3. The number of likely N-dealkylation sites (tertiary alicyclic amines) is 1. The van der Waals surface area contributed by atoms with E-state index in [1.54, 1.807) is 6.07 Å². The van der Waals surface area contributed by atoms with Crippen molar-refractivity contribution >= 4 is 5.97 Å². The van der Waals surface area contributed by atoms with Crippen LogP contribution in [0, 0.1) is 18.7 Å². The summed E-state index contributed by atoms with van der Waals surface area (Å²) in [4.78, 5) is 13.4. The van der Waals surface area contributed by atoms with E-state index >= 15 is 0 Å². The first kappa shape index (κ1) is 17.9. The average molecular weight is 323 g/mol. The van der Waals surface area contributed by atoms with Gasteiger partial charge in [-0.1, -0.05) is 6.07 Å². The van der Waals surface area contributed by atoms with Crippen LogP contribution in [0.1, 0.15) is 42.9 Å². The molecule has 1 aromatic rings. The Labute approximate surface area is 137 Å². The van der Waals surface area contributed by atoms with Gasteiger partial charge in [0, 0.05) is 13.0 Å². The molecule has 1 heterocycles. The van der Waals surface area contributed by atoms with Crippen LogP contribution in [0.3, 0.4) is 0 Å². The first-order chi connectivity index (χ1) is 11.0. The molecular formula is C18H26FNO3. The summed E-state index contributed by atoms with van der Waals surface area (Å²) in [6.45, 7) is 4.23. The highest BCUT2D eigenvalue weighted by Crippen LogP contribution is 2.25. The van der Waals surface area contributed by atoms with Crippen LogP contribution in [-0.2, 0) is 9.53 Å². The number of β-amino-alcohol motifs (C(OH)–C–C–N with tert-alkyl or cyclic N) is 1. The highest BCUT2D eigenvalue weighted by atomic mass is 19.1. The maximum Gasteiger partial charge on any atom is 0.305 e. The summed E-state index contributed by atoms with van der Waals surface area (Å²) in [5.74, 6) is 0.134. The highest BCUT2D eigenvalue weighted by Gasteiger charge is 2.22. The fraction of sp³-hybridized carbons (Fsp3) is 0.611. The molecule has 0 aliphatic carbocycles.